The van der Waals surface area contributed by atoms with Gasteiger partial charge in [0.1, 0.15) is 5.56 Å². The standard InChI is InChI=1S/C24H19ClN6O/c1-16-5-7-18(8-6-16)22-9-10-26-23-21(13-28-31(22)23)24(32)29-20-4-2-3-17(11-20)14-30-15-19(25)12-27-30/h2-13,15H,14H2,1H3,(H,29,32). The summed E-state index contributed by atoms with van der Waals surface area (Å²) in [6.45, 7) is 2.59. The largest absolute Gasteiger partial charge is 0.322 e. The molecule has 0 saturated carbocycles. The average Bonchev–Trinajstić information content (AvgIpc) is 3.40. The molecule has 0 radical (unpaired) electrons. The highest BCUT2D eigenvalue weighted by atomic mass is 35.5. The fourth-order valence-electron chi connectivity index (χ4n) is 3.55. The number of hydrogen-bond acceptors (Lipinski definition) is 4. The van der Waals surface area contributed by atoms with Crippen molar-refractivity contribution in [2.75, 3.05) is 5.32 Å². The molecule has 5 rings (SSSR count). The minimum absolute atomic E-state index is 0.271. The minimum Gasteiger partial charge on any atom is -0.322 e. The fraction of sp³-hybridized carbons (Fsp3) is 0.0833. The summed E-state index contributed by atoms with van der Waals surface area (Å²) >= 11 is 5.93. The second-order valence-corrected chi connectivity index (χ2v) is 7.94. The lowest BCUT2D eigenvalue weighted by Gasteiger charge is -2.08. The van der Waals surface area contributed by atoms with Gasteiger partial charge in [0.15, 0.2) is 5.65 Å². The Morgan fingerprint density at radius 3 is 2.69 bits per heavy atom. The van der Waals surface area contributed by atoms with Gasteiger partial charge in [-0.1, -0.05) is 53.6 Å². The van der Waals surface area contributed by atoms with Crippen molar-refractivity contribution in [3.8, 4) is 11.3 Å². The lowest BCUT2D eigenvalue weighted by Crippen LogP contribution is -2.12. The number of anilines is 1. The average molecular weight is 443 g/mol. The maximum Gasteiger partial charge on any atom is 0.261 e. The Bertz CT molecular complexity index is 1420. The number of hydrogen-bond donors (Lipinski definition) is 1. The first-order valence-corrected chi connectivity index (χ1v) is 10.4. The van der Waals surface area contributed by atoms with Crippen LogP contribution in [0.25, 0.3) is 16.9 Å². The smallest absolute Gasteiger partial charge is 0.261 e. The Morgan fingerprint density at radius 2 is 1.91 bits per heavy atom. The summed E-state index contributed by atoms with van der Waals surface area (Å²) in [5, 5.41) is 12.1. The zero-order valence-electron chi connectivity index (χ0n) is 17.2. The zero-order valence-corrected chi connectivity index (χ0v) is 18.0. The maximum atomic E-state index is 13.0. The van der Waals surface area contributed by atoms with Gasteiger partial charge in [-0.05, 0) is 30.7 Å². The fourth-order valence-corrected chi connectivity index (χ4v) is 3.71. The van der Waals surface area contributed by atoms with Gasteiger partial charge in [-0.2, -0.15) is 10.2 Å². The molecule has 0 bridgehead atoms. The number of benzene rings is 2. The van der Waals surface area contributed by atoms with E-state index in [2.05, 4.69) is 20.5 Å². The van der Waals surface area contributed by atoms with Crippen LogP contribution in [0.15, 0.2) is 79.4 Å². The molecule has 2 aromatic carbocycles. The van der Waals surface area contributed by atoms with E-state index in [1.165, 1.54) is 5.56 Å². The molecule has 32 heavy (non-hydrogen) atoms. The minimum atomic E-state index is -0.271. The number of carbonyl (C=O) groups excluding carboxylic acids is 1. The number of nitrogens with one attached hydrogen (secondary N) is 1. The number of carbonyl (C=O) groups is 1. The predicted octanol–water partition coefficient (Wildman–Crippen LogP) is 4.86. The molecule has 0 aliphatic heterocycles. The van der Waals surface area contributed by atoms with E-state index in [1.807, 2.05) is 61.5 Å². The van der Waals surface area contributed by atoms with E-state index in [0.29, 0.717) is 28.5 Å². The van der Waals surface area contributed by atoms with Gasteiger partial charge in [0.25, 0.3) is 5.91 Å². The van der Waals surface area contributed by atoms with Crippen LogP contribution >= 0.6 is 11.6 Å². The molecular formula is C24H19ClN6O. The maximum absolute atomic E-state index is 13.0. The van der Waals surface area contributed by atoms with Crippen LogP contribution in [0.5, 0.6) is 0 Å². The number of rotatable bonds is 5. The molecule has 7 nitrogen and oxygen atoms in total. The predicted molar refractivity (Wildman–Crippen MR) is 124 cm³/mol. The Balaban J connectivity index is 1.40. The SMILES string of the molecule is Cc1ccc(-c2ccnc3c(C(=O)Nc4cccc(Cn5cc(Cl)cn5)c4)cnn23)cc1. The topological polar surface area (TPSA) is 77.1 Å². The molecule has 158 valence electrons. The van der Waals surface area contributed by atoms with Crippen molar-refractivity contribution in [3.63, 3.8) is 0 Å². The summed E-state index contributed by atoms with van der Waals surface area (Å²) < 4.78 is 3.43. The van der Waals surface area contributed by atoms with E-state index in [0.717, 1.165) is 16.8 Å². The van der Waals surface area contributed by atoms with Crippen LogP contribution in [0.4, 0.5) is 5.69 Å². The van der Waals surface area contributed by atoms with E-state index < -0.39 is 0 Å². The van der Waals surface area contributed by atoms with Crippen LogP contribution in [0.1, 0.15) is 21.5 Å². The normalized spacial score (nSPS) is 11.1. The third-order valence-corrected chi connectivity index (χ3v) is 5.32. The highest BCUT2D eigenvalue weighted by Gasteiger charge is 2.16. The molecule has 0 spiro atoms. The first-order chi connectivity index (χ1) is 15.6. The molecule has 5 aromatic rings. The van der Waals surface area contributed by atoms with Crippen molar-refractivity contribution in [2.24, 2.45) is 0 Å². The Morgan fingerprint density at radius 1 is 1.06 bits per heavy atom. The summed E-state index contributed by atoms with van der Waals surface area (Å²) in [5.41, 5.74) is 5.63. The van der Waals surface area contributed by atoms with Crippen LogP contribution in [0.3, 0.4) is 0 Å². The van der Waals surface area contributed by atoms with Gasteiger partial charge in [-0.25, -0.2) is 9.50 Å². The van der Waals surface area contributed by atoms with Crippen LogP contribution in [-0.2, 0) is 6.54 Å². The zero-order chi connectivity index (χ0) is 22.1. The third-order valence-electron chi connectivity index (χ3n) is 5.12. The molecule has 0 aliphatic carbocycles. The van der Waals surface area contributed by atoms with Crippen LogP contribution in [0.2, 0.25) is 5.02 Å². The monoisotopic (exact) mass is 442 g/mol. The molecule has 1 amide bonds. The number of aromatic nitrogens is 5. The lowest BCUT2D eigenvalue weighted by molar-refractivity contribution is 0.102. The van der Waals surface area contributed by atoms with E-state index >= 15 is 0 Å². The van der Waals surface area contributed by atoms with Gasteiger partial charge in [-0.15, -0.1) is 0 Å². The Labute approximate surface area is 189 Å². The molecule has 0 aliphatic rings. The summed E-state index contributed by atoms with van der Waals surface area (Å²) in [6.07, 6.45) is 6.59. The van der Waals surface area contributed by atoms with E-state index in [9.17, 15) is 4.79 Å². The molecule has 0 unspecified atom stereocenters. The number of fused-ring (bicyclic) bond motifs is 1. The van der Waals surface area contributed by atoms with Gasteiger partial charge in [0, 0.05) is 23.6 Å². The quantitative estimate of drug-likeness (QED) is 0.422. The van der Waals surface area contributed by atoms with E-state index in [-0.39, 0.29) is 5.91 Å². The van der Waals surface area contributed by atoms with Crippen molar-refractivity contribution in [2.45, 2.75) is 13.5 Å². The molecule has 8 heteroatoms. The second kappa shape index (κ2) is 8.28. The number of halogens is 1. The van der Waals surface area contributed by atoms with Gasteiger partial charge < -0.3 is 5.32 Å². The number of nitrogens with zero attached hydrogens (tertiary/aromatic N) is 5. The first-order valence-electron chi connectivity index (χ1n) is 10.0. The molecule has 1 N–H and O–H groups in total. The van der Waals surface area contributed by atoms with Gasteiger partial charge in [0.2, 0.25) is 0 Å². The van der Waals surface area contributed by atoms with Crippen LogP contribution in [-0.4, -0.2) is 30.3 Å². The summed E-state index contributed by atoms with van der Waals surface area (Å²) in [6, 6.07) is 17.6. The summed E-state index contributed by atoms with van der Waals surface area (Å²) in [5.74, 6) is -0.271. The van der Waals surface area contributed by atoms with Crippen molar-refractivity contribution < 1.29 is 4.79 Å². The van der Waals surface area contributed by atoms with Gasteiger partial charge in [-0.3, -0.25) is 9.48 Å². The van der Waals surface area contributed by atoms with E-state index in [4.69, 9.17) is 11.6 Å². The van der Waals surface area contributed by atoms with Crippen LogP contribution in [0, 0.1) is 6.92 Å². The summed E-state index contributed by atoms with van der Waals surface area (Å²) in [4.78, 5) is 17.4. The lowest BCUT2D eigenvalue weighted by atomic mass is 10.1. The summed E-state index contributed by atoms with van der Waals surface area (Å²) in [7, 11) is 0. The molecular weight excluding hydrogens is 424 g/mol. The number of aryl methyl sites for hydroxylation is 1. The second-order valence-electron chi connectivity index (χ2n) is 7.50. The van der Waals surface area contributed by atoms with Crippen molar-refractivity contribution in [1.82, 2.24) is 24.4 Å². The number of amides is 1. The molecule has 0 saturated heterocycles. The molecule has 0 atom stereocenters. The molecule has 0 fully saturated rings. The third kappa shape index (κ3) is 3.98. The first kappa shape index (κ1) is 20.0. The highest BCUT2D eigenvalue weighted by Crippen LogP contribution is 2.22. The van der Waals surface area contributed by atoms with E-state index in [1.54, 1.807) is 34.0 Å². The van der Waals surface area contributed by atoms with Gasteiger partial charge >= 0.3 is 0 Å². The Kier molecular flexibility index (Phi) is 5.17. The van der Waals surface area contributed by atoms with Gasteiger partial charge in [0.05, 0.1) is 29.7 Å². The van der Waals surface area contributed by atoms with Crippen LogP contribution < -0.4 is 5.32 Å². The Hall–Kier alpha value is -3.97. The van der Waals surface area contributed by atoms with Crippen molar-refractivity contribution >= 4 is 28.8 Å². The molecule has 3 aromatic heterocycles. The highest BCUT2D eigenvalue weighted by molar-refractivity contribution is 6.30. The van der Waals surface area contributed by atoms with Crippen molar-refractivity contribution in [1.29, 1.82) is 0 Å². The molecule has 3 heterocycles. The van der Waals surface area contributed by atoms with Crippen molar-refractivity contribution in [3.05, 3.63) is 101 Å².